The van der Waals surface area contributed by atoms with Gasteiger partial charge in [0.05, 0.1) is 5.56 Å². The number of nitrogens with one attached hydrogen (secondary N) is 1. The summed E-state index contributed by atoms with van der Waals surface area (Å²) in [5, 5.41) is 12.3. The van der Waals surface area contributed by atoms with Gasteiger partial charge in [0.1, 0.15) is 0 Å². The molecule has 1 rings (SSSR count). The molecule has 0 heterocycles. The quantitative estimate of drug-likeness (QED) is 0.687. The fraction of sp³-hybridized carbons (Fsp3) is 0.462. The monoisotopic (exact) mass is 236 g/mol. The molecule has 4 N–H and O–H groups in total. The number of rotatable bonds is 5. The summed E-state index contributed by atoms with van der Waals surface area (Å²) in [4.78, 5) is 11.0. The van der Waals surface area contributed by atoms with E-state index < -0.39 is 5.97 Å². The Morgan fingerprint density at radius 1 is 1.47 bits per heavy atom. The van der Waals surface area contributed by atoms with Crippen LogP contribution in [-0.2, 0) is 0 Å². The molecule has 1 unspecified atom stereocenters. The molecular formula is C13H20N2O2. The fourth-order valence-corrected chi connectivity index (χ4v) is 1.79. The molecule has 0 amide bonds. The molecule has 17 heavy (non-hydrogen) atoms. The minimum atomic E-state index is -0.997. The number of nitrogens with two attached hydrogens (primary N) is 1. The van der Waals surface area contributed by atoms with Crippen molar-refractivity contribution in [1.82, 2.24) is 0 Å². The maximum absolute atomic E-state index is 11.0. The molecule has 0 bridgehead atoms. The Morgan fingerprint density at radius 3 is 2.59 bits per heavy atom. The highest BCUT2D eigenvalue weighted by Crippen LogP contribution is 2.20. The van der Waals surface area contributed by atoms with Crippen molar-refractivity contribution >= 4 is 17.3 Å². The second-order valence-electron chi connectivity index (χ2n) is 4.51. The van der Waals surface area contributed by atoms with Crippen LogP contribution in [0.4, 0.5) is 11.4 Å². The molecule has 0 aromatic heterocycles. The van der Waals surface area contributed by atoms with Gasteiger partial charge in [0, 0.05) is 17.4 Å². The summed E-state index contributed by atoms with van der Waals surface area (Å²) in [6, 6.07) is 5.36. The summed E-state index contributed by atoms with van der Waals surface area (Å²) in [5.41, 5.74) is 6.85. The van der Waals surface area contributed by atoms with Crippen molar-refractivity contribution in [3.8, 4) is 0 Å². The molecule has 4 nitrogen and oxygen atoms in total. The second-order valence-corrected chi connectivity index (χ2v) is 4.51. The van der Waals surface area contributed by atoms with Crippen LogP contribution in [0.3, 0.4) is 0 Å². The maximum atomic E-state index is 11.0. The molecular weight excluding hydrogens is 216 g/mol. The predicted molar refractivity (Wildman–Crippen MR) is 70.4 cm³/mol. The lowest BCUT2D eigenvalue weighted by Crippen LogP contribution is -2.24. The number of benzene rings is 1. The van der Waals surface area contributed by atoms with Crippen LogP contribution in [0, 0.1) is 5.92 Å². The first-order valence-corrected chi connectivity index (χ1v) is 5.85. The van der Waals surface area contributed by atoms with Gasteiger partial charge in [-0.3, -0.25) is 0 Å². The smallest absolute Gasteiger partial charge is 0.337 e. The third-order valence-electron chi connectivity index (χ3n) is 2.88. The van der Waals surface area contributed by atoms with Crippen LogP contribution in [0.25, 0.3) is 0 Å². The molecule has 94 valence electrons. The molecule has 0 saturated carbocycles. The van der Waals surface area contributed by atoms with Crippen LogP contribution in [0.2, 0.25) is 0 Å². The summed E-state index contributed by atoms with van der Waals surface area (Å²) in [6.07, 6.45) is 0.991. The van der Waals surface area contributed by atoms with Crippen LogP contribution in [-0.4, -0.2) is 17.1 Å². The predicted octanol–water partition coefficient (Wildman–Crippen LogP) is 2.81. The zero-order valence-corrected chi connectivity index (χ0v) is 10.5. The Balaban J connectivity index is 2.92. The lowest BCUT2D eigenvalue weighted by molar-refractivity contribution is 0.0698. The molecule has 0 radical (unpaired) electrons. The van der Waals surface area contributed by atoms with Gasteiger partial charge in [0.2, 0.25) is 0 Å². The van der Waals surface area contributed by atoms with Gasteiger partial charge in [-0.25, -0.2) is 4.79 Å². The highest BCUT2D eigenvalue weighted by atomic mass is 16.4. The molecule has 0 aliphatic heterocycles. The van der Waals surface area contributed by atoms with Gasteiger partial charge in [-0.1, -0.05) is 20.8 Å². The molecule has 0 aliphatic rings. The summed E-state index contributed by atoms with van der Waals surface area (Å²) in [7, 11) is 0. The van der Waals surface area contributed by atoms with Crippen LogP contribution in [0.15, 0.2) is 18.2 Å². The molecule has 0 spiro atoms. The second kappa shape index (κ2) is 5.57. The van der Waals surface area contributed by atoms with E-state index in [1.165, 1.54) is 0 Å². The Labute approximate surface area is 102 Å². The third-order valence-corrected chi connectivity index (χ3v) is 2.88. The van der Waals surface area contributed by atoms with Crippen LogP contribution < -0.4 is 11.1 Å². The van der Waals surface area contributed by atoms with Gasteiger partial charge in [-0.15, -0.1) is 0 Å². The Kier molecular flexibility index (Phi) is 4.37. The van der Waals surface area contributed by atoms with Crippen molar-refractivity contribution in [1.29, 1.82) is 0 Å². The highest BCUT2D eigenvalue weighted by Gasteiger charge is 2.13. The van der Waals surface area contributed by atoms with E-state index in [2.05, 4.69) is 26.1 Å². The first kappa shape index (κ1) is 13.4. The third kappa shape index (κ3) is 3.37. The van der Waals surface area contributed by atoms with E-state index in [0.717, 1.165) is 12.1 Å². The molecule has 0 saturated heterocycles. The fourth-order valence-electron chi connectivity index (χ4n) is 1.79. The summed E-state index contributed by atoms with van der Waals surface area (Å²) in [5.74, 6) is -0.505. The first-order chi connectivity index (χ1) is 7.95. The number of anilines is 2. The Bertz CT molecular complexity index is 402. The SMILES string of the molecule is CCC(Nc1ccc(N)c(C(=O)O)c1)C(C)C. The summed E-state index contributed by atoms with van der Waals surface area (Å²) >= 11 is 0. The minimum absolute atomic E-state index is 0.147. The zero-order valence-electron chi connectivity index (χ0n) is 10.5. The number of hydrogen-bond acceptors (Lipinski definition) is 3. The van der Waals surface area contributed by atoms with E-state index in [0.29, 0.717) is 17.6 Å². The number of nitrogen functional groups attached to an aromatic ring is 1. The maximum Gasteiger partial charge on any atom is 0.337 e. The summed E-state index contributed by atoms with van der Waals surface area (Å²) in [6.45, 7) is 6.38. The topological polar surface area (TPSA) is 75.3 Å². The van der Waals surface area contributed by atoms with E-state index in [9.17, 15) is 4.79 Å². The number of aromatic carboxylic acids is 1. The lowest BCUT2D eigenvalue weighted by atomic mass is 10.0. The largest absolute Gasteiger partial charge is 0.478 e. The Morgan fingerprint density at radius 2 is 2.12 bits per heavy atom. The number of carbonyl (C=O) groups is 1. The van der Waals surface area contributed by atoms with Crippen LogP contribution >= 0.6 is 0 Å². The van der Waals surface area contributed by atoms with Crippen molar-refractivity contribution < 1.29 is 9.90 Å². The molecule has 1 aromatic rings. The number of carboxylic acids is 1. The average molecular weight is 236 g/mol. The van der Waals surface area contributed by atoms with E-state index in [-0.39, 0.29) is 5.56 Å². The van der Waals surface area contributed by atoms with Crippen LogP contribution in [0.1, 0.15) is 37.6 Å². The molecule has 0 fully saturated rings. The van der Waals surface area contributed by atoms with Crippen molar-refractivity contribution in [3.05, 3.63) is 23.8 Å². The van der Waals surface area contributed by atoms with E-state index >= 15 is 0 Å². The summed E-state index contributed by atoms with van der Waals surface area (Å²) < 4.78 is 0. The van der Waals surface area contributed by atoms with Crippen molar-refractivity contribution in [2.24, 2.45) is 5.92 Å². The van der Waals surface area contributed by atoms with Gasteiger partial charge < -0.3 is 16.2 Å². The van der Waals surface area contributed by atoms with Gasteiger partial charge in [-0.2, -0.15) is 0 Å². The Hall–Kier alpha value is -1.71. The average Bonchev–Trinajstić information content (AvgIpc) is 2.27. The standard InChI is InChI=1S/C13H20N2O2/c1-4-12(8(2)3)15-9-5-6-11(14)10(7-9)13(16)17/h5-8,12,15H,4,14H2,1-3H3,(H,16,17). The van der Waals surface area contributed by atoms with Crippen LogP contribution in [0.5, 0.6) is 0 Å². The lowest BCUT2D eigenvalue weighted by Gasteiger charge is -2.22. The molecule has 4 heteroatoms. The van der Waals surface area contributed by atoms with E-state index in [1.54, 1.807) is 12.1 Å². The van der Waals surface area contributed by atoms with Crippen molar-refractivity contribution in [2.75, 3.05) is 11.1 Å². The van der Waals surface area contributed by atoms with Crippen molar-refractivity contribution in [2.45, 2.75) is 33.2 Å². The number of carboxylic acid groups (broad SMARTS) is 1. The van der Waals surface area contributed by atoms with Gasteiger partial charge in [-0.05, 0) is 30.5 Å². The number of hydrogen-bond donors (Lipinski definition) is 3. The van der Waals surface area contributed by atoms with Gasteiger partial charge in [0.15, 0.2) is 0 Å². The molecule has 1 atom stereocenters. The van der Waals surface area contributed by atoms with Gasteiger partial charge in [0.25, 0.3) is 0 Å². The molecule has 0 aliphatic carbocycles. The highest BCUT2D eigenvalue weighted by molar-refractivity contribution is 5.94. The van der Waals surface area contributed by atoms with E-state index in [4.69, 9.17) is 10.8 Å². The minimum Gasteiger partial charge on any atom is -0.478 e. The zero-order chi connectivity index (χ0) is 13.0. The van der Waals surface area contributed by atoms with Gasteiger partial charge >= 0.3 is 5.97 Å². The van der Waals surface area contributed by atoms with Crippen molar-refractivity contribution in [3.63, 3.8) is 0 Å². The normalized spacial score (nSPS) is 12.5. The van der Waals surface area contributed by atoms with E-state index in [1.807, 2.05) is 6.07 Å². The first-order valence-electron chi connectivity index (χ1n) is 5.85. The molecule has 1 aromatic carbocycles.